The minimum atomic E-state index is 0.356. The molecular formula is C17H35NO. The smallest absolute Gasteiger partial charge is 0.0519 e. The number of hydrogen-bond acceptors (Lipinski definition) is 2. The zero-order valence-corrected chi connectivity index (χ0v) is 14.0. The maximum Gasteiger partial charge on any atom is 0.0519 e. The summed E-state index contributed by atoms with van der Waals surface area (Å²) in [5.74, 6) is 2.27. The normalized spacial score (nSPS) is 27.2. The van der Waals surface area contributed by atoms with Gasteiger partial charge in [0.05, 0.1) is 12.7 Å². The van der Waals surface area contributed by atoms with Gasteiger partial charge in [0.15, 0.2) is 0 Å². The van der Waals surface area contributed by atoms with E-state index in [0.717, 1.165) is 30.9 Å². The Labute approximate surface area is 120 Å². The molecule has 0 spiro atoms. The molecule has 0 heterocycles. The topological polar surface area (TPSA) is 21.3 Å². The van der Waals surface area contributed by atoms with Crippen LogP contribution in [0.4, 0.5) is 0 Å². The third-order valence-corrected chi connectivity index (χ3v) is 4.28. The van der Waals surface area contributed by atoms with Gasteiger partial charge >= 0.3 is 0 Å². The largest absolute Gasteiger partial charge is 0.378 e. The lowest BCUT2D eigenvalue weighted by atomic mass is 9.67. The summed E-state index contributed by atoms with van der Waals surface area (Å²) < 4.78 is 5.90. The molecule has 1 fully saturated rings. The monoisotopic (exact) mass is 269 g/mol. The average Bonchev–Trinajstić information content (AvgIpc) is 2.27. The van der Waals surface area contributed by atoms with Crippen molar-refractivity contribution >= 4 is 0 Å². The van der Waals surface area contributed by atoms with Gasteiger partial charge in [-0.25, -0.2) is 0 Å². The number of nitrogens with one attached hydrogen (secondary N) is 1. The minimum absolute atomic E-state index is 0.356. The van der Waals surface area contributed by atoms with Crippen LogP contribution in [0.25, 0.3) is 0 Å². The fourth-order valence-corrected chi connectivity index (χ4v) is 3.13. The van der Waals surface area contributed by atoms with Gasteiger partial charge in [0, 0.05) is 0 Å². The Morgan fingerprint density at radius 2 is 1.84 bits per heavy atom. The van der Waals surface area contributed by atoms with Gasteiger partial charge in [0.1, 0.15) is 0 Å². The second-order valence-electron chi connectivity index (χ2n) is 7.86. The zero-order chi connectivity index (χ0) is 14.5. The van der Waals surface area contributed by atoms with Crippen LogP contribution in [-0.2, 0) is 4.74 Å². The molecule has 114 valence electrons. The molecular weight excluding hydrogens is 234 g/mol. The molecule has 1 saturated carbocycles. The third-order valence-electron chi connectivity index (χ3n) is 4.28. The quantitative estimate of drug-likeness (QED) is 0.751. The first kappa shape index (κ1) is 17.0. The van der Waals surface area contributed by atoms with Crippen molar-refractivity contribution in [2.24, 2.45) is 23.2 Å². The van der Waals surface area contributed by atoms with Crippen molar-refractivity contribution in [3.05, 3.63) is 0 Å². The SMILES string of the molecule is CC(C)CNCC1CCC(C)(C)CC1COC(C)C. The van der Waals surface area contributed by atoms with Crippen molar-refractivity contribution in [2.45, 2.75) is 66.9 Å². The van der Waals surface area contributed by atoms with E-state index in [1.54, 1.807) is 0 Å². The molecule has 0 saturated heterocycles. The van der Waals surface area contributed by atoms with Gasteiger partial charge in [-0.2, -0.15) is 0 Å². The Morgan fingerprint density at radius 1 is 1.16 bits per heavy atom. The van der Waals surface area contributed by atoms with E-state index >= 15 is 0 Å². The van der Waals surface area contributed by atoms with Crippen LogP contribution in [0.3, 0.4) is 0 Å². The molecule has 0 aromatic carbocycles. The van der Waals surface area contributed by atoms with Crippen LogP contribution in [0.15, 0.2) is 0 Å². The van der Waals surface area contributed by atoms with Crippen molar-refractivity contribution < 1.29 is 4.74 Å². The van der Waals surface area contributed by atoms with Crippen molar-refractivity contribution in [2.75, 3.05) is 19.7 Å². The van der Waals surface area contributed by atoms with E-state index < -0.39 is 0 Å². The lowest BCUT2D eigenvalue weighted by Gasteiger charge is -2.41. The lowest BCUT2D eigenvalue weighted by Crippen LogP contribution is -2.39. The highest BCUT2D eigenvalue weighted by molar-refractivity contribution is 4.86. The van der Waals surface area contributed by atoms with E-state index in [0.29, 0.717) is 11.5 Å². The van der Waals surface area contributed by atoms with Gasteiger partial charge in [-0.1, -0.05) is 27.7 Å². The van der Waals surface area contributed by atoms with Crippen LogP contribution in [0.2, 0.25) is 0 Å². The average molecular weight is 269 g/mol. The van der Waals surface area contributed by atoms with Gasteiger partial charge in [0.2, 0.25) is 0 Å². The van der Waals surface area contributed by atoms with Crippen molar-refractivity contribution in [1.82, 2.24) is 5.32 Å². The summed E-state index contributed by atoms with van der Waals surface area (Å²) in [5, 5.41) is 3.64. The van der Waals surface area contributed by atoms with Gasteiger partial charge in [0.25, 0.3) is 0 Å². The molecule has 0 aromatic rings. The molecule has 19 heavy (non-hydrogen) atoms. The maximum absolute atomic E-state index is 5.90. The highest BCUT2D eigenvalue weighted by Gasteiger charge is 2.34. The molecule has 1 N–H and O–H groups in total. The minimum Gasteiger partial charge on any atom is -0.378 e. The highest BCUT2D eigenvalue weighted by Crippen LogP contribution is 2.41. The van der Waals surface area contributed by atoms with E-state index in [1.807, 2.05) is 0 Å². The van der Waals surface area contributed by atoms with Crippen molar-refractivity contribution in [3.63, 3.8) is 0 Å². The molecule has 0 amide bonds. The van der Waals surface area contributed by atoms with Crippen molar-refractivity contribution in [1.29, 1.82) is 0 Å². The summed E-state index contributed by atoms with van der Waals surface area (Å²) in [7, 11) is 0. The van der Waals surface area contributed by atoms with Crippen LogP contribution < -0.4 is 5.32 Å². The highest BCUT2D eigenvalue weighted by atomic mass is 16.5. The summed E-state index contributed by atoms with van der Waals surface area (Å²) in [4.78, 5) is 0. The molecule has 2 unspecified atom stereocenters. The van der Waals surface area contributed by atoms with Gasteiger partial charge in [-0.05, 0) is 69.4 Å². The summed E-state index contributed by atoms with van der Waals surface area (Å²) in [5.41, 5.74) is 0.500. The second kappa shape index (κ2) is 7.64. The molecule has 0 aliphatic heterocycles. The molecule has 0 radical (unpaired) electrons. The number of hydrogen-bond donors (Lipinski definition) is 1. The van der Waals surface area contributed by atoms with Crippen LogP contribution in [0, 0.1) is 23.2 Å². The van der Waals surface area contributed by atoms with Crippen LogP contribution in [0.1, 0.15) is 60.8 Å². The van der Waals surface area contributed by atoms with E-state index in [4.69, 9.17) is 4.74 Å². The third kappa shape index (κ3) is 6.76. The Bertz CT molecular complexity index is 248. The maximum atomic E-state index is 5.90. The Morgan fingerprint density at radius 3 is 2.42 bits per heavy atom. The molecule has 0 bridgehead atoms. The fourth-order valence-electron chi connectivity index (χ4n) is 3.13. The molecule has 0 aromatic heterocycles. The molecule has 2 atom stereocenters. The summed E-state index contributed by atoms with van der Waals surface area (Å²) in [6.07, 6.45) is 4.38. The first-order valence-electron chi connectivity index (χ1n) is 8.12. The molecule has 2 nitrogen and oxygen atoms in total. The predicted molar refractivity (Wildman–Crippen MR) is 83.4 cm³/mol. The molecule has 2 heteroatoms. The first-order chi connectivity index (χ1) is 8.80. The second-order valence-corrected chi connectivity index (χ2v) is 7.86. The van der Waals surface area contributed by atoms with E-state index in [-0.39, 0.29) is 0 Å². The van der Waals surface area contributed by atoms with E-state index in [9.17, 15) is 0 Å². The van der Waals surface area contributed by atoms with Crippen LogP contribution >= 0.6 is 0 Å². The van der Waals surface area contributed by atoms with E-state index in [2.05, 4.69) is 46.9 Å². The first-order valence-corrected chi connectivity index (χ1v) is 8.12. The van der Waals surface area contributed by atoms with Gasteiger partial charge in [-0.15, -0.1) is 0 Å². The predicted octanol–water partition coefficient (Wildman–Crippen LogP) is 4.10. The Balaban J connectivity index is 2.45. The van der Waals surface area contributed by atoms with Gasteiger partial charge in [-0.3, -0.25) is 0 Å². The van der Waals surface area contributed by atoms with Crippen LogP contribution in [0.5, 0.6) is 0 Å². The standard InChI is InChI=1S/C17H35NO/c1-13(2)10-18-11-15-7-8-17(5,6)9-16(15)12-19-14(3)4/h13-16,18H,7-12H2,1-6H3. The molecule has 1 aliphatic rings. The number of rotatable bonds is 7. The fraction of sp³-hybridized carbons (Fsp3) is 1.00. The van der Waals surface area contributed by atoms with Crippen LogP contribution in [-0.4, -0.2) is 25.8 Å². The Hall–Kier alpha value is -0.0800. The lowest BCUT2D eigenvalue weighted by molar-refractivity contribution is -0.00146. The summed E-state index contributed by atoms with van der Waals surface area (Å²) in [6.45, 7) is 16.9. The Kier molecular flexibility index (Phi) is 6.82. The zero-order valence-electron chi connectivity index (χ0n) is 14.0. The molecule has 1 aliphatic carbocycles. The molecule has 1 rings (SSSR count). The van der Waals surface area contributed by atoms with Gasteiger partial charge < -0.3 is 10.1 Å². The van der Waals surface area contributed by atoms with Crippen molar-refractivity contribution in [3.8, 4) is 0 Å². The number of ether oxygens (including phenoxy) is 1. The summed E-state index contributed by atoms with van der Waals surface area (Å²) >= 11 is 0. The van der Waals surface area contributed by atoms with E-state index in [1.165, 1.54) is 25.8 Å². The summed E-state index contributed by atoms with van der Waals surface area (Å²) in [6, 6.07) is 0.